The molecule has 2 aromatic rings. The van der Waals surface area contributed by atoms with Gasteiger partial charge in [-0.05, 0) is 18.4 Å². The van der Waals surface area contributed by atoms with Crippen LogP contribution in [0.5, 0.6) is 0 Å². The third-order valence-electron chi connectivity index (χ3n) is 3.10. The first-order valence-electron chi connectivity index (χ1n) is 6.51. The third kappa shape index (κ3) is 4.25. The van der Waals surface area contributed by atoms with Crippen molar-refractivity contribution >= 4 is 5.91 Å². The highest BCUT2D eigenvalue weighted by atomic mass is 16.2. The van der Waals surface area contributed by atoms with Gasteiger partial charge in [-0.15, -0.1) is 0 Å². The molecule has 0 saturated heterocycles. The van der Waals surface area contributed by atoms with Crippen LogP contribution < -0.4 is 0 Å². The summed E-state index contributed by atoms with van der Waals surface area (Å²) in [4.78, 5) is 13.7. The van der Waals surface area contributed by atoms with Crippen molar-refractivity contribution in [3.05, 3.63) is 53.9 Å². The predicted octanol–water partition coefficient (Wildman–Crippen LogP) is 2.39. The highest BCUT2D eigenvalue weighted by Gasteiger charge is 2.09. The van der Waals surface area contributed by atoms with Crippen LogP contribution in [-0.4, -0.2) is 28.1 Å². The van der Waals surface area contributed by atoms with Gasteiger partial charge in [-0.25, -0.2) is 0 Å². The summed E-state index contributed by atoms with van der Waals surface area (Å²) >= 11 is 0. The van der Waals surface area contributed by atoms with Crippen LogP contribution in [0.4, 0.5) is 0 Å². The van der Waals surface area contributed by atoms with Crippen LogP contribution in [-0.2, 0) is 17.8 Å². The van der Waals surface area contributed by atoms with Gasteiger partial charge in [-0.1, -0.05) is 30.3 Å². The Labute approximate surface area is 113 Å². The zero-order valence-electron chi connectivity index (χ0n) is 11.2. The van der Waals surface area contributed by atoms with Crippen LogP contribution in [0.3, 0.4) is 0 Å². The maximum atomic E-state index is 12.0. The number of aromatic amines is 1. The normalized spacial score (nSPS) is 10.4. The van der Waals surface area contributed by atoms with Gasteiger partial charge in [0.1, 0.15) is 0 Å². The van der Waals surface area contributed by atoms with Crippen LogP contribution >= 0.6 is 0 Å². The van der Waals surface area contributed by atoms with Gasteiger partial charge in [0.25, 0.3) is 0 Å². The second-order valence-corrected chi connectivity index (χ2v) is 4.70. The van der Waals surface area contributed by atoms with E-state index in [1.165, 1.54) is 5.56 Å². The zero-order chi connectivity index (χ0) is 13.5. The van der Waals surface area contributed by atoms with Crippen molar-refractivity contribution in [1.29, 1.82) is 0 Å². The van der Waals surface area contributed by atoms with Crippen molar-refractivity contribution in [3.63, 3.8) is 0 Å². The minimum Gasteiger partial charge on any atom is -0.341 e. The molecule has 1 aromatic carbocycles. The molecule has 0 aliphatic heterocycles. The lowest BCUT2D eigenvalue weighted by Crippen LogP contribution is -2.25. The van der Waals surface area contributed by atoms with E-state index in [1.807, 2.05) is 31.4 Å². The molecule has 4 nitrogen and oxygen atoms in total. The van der Waals surface area contributed by atoms with Crippen LogP contribution in [0.1, 0.15) is 24.0 Å². The topological polar surface area (TPSA) is 49.0 Å². The van der Waals surface area contributed by atoms with Crippen molar-refractivity contribution in [2.24, 2.45) is 0 Å². The molecule has 0 radical (unpaired) electrons. The average Bonchev–Trinajstić information content (AvgIpc) is 2.92. The number of aromatic nitrogens is 2. The fraction of sp³-hybridized carbons (Fsp3) is 0.333. The summed E-state index contributed by atoms with van der Waals surface area (Å²) in [6, 6.07) is 10.3. The molecule has 0 saturated carbocycles. The highest BCUT2D eigenvalue weighted by Crippen LogP contribution is 2.07. The fourth-order valence-corrected chi connectivity index (χ4v) is 2.01. The molecule has 0 spiro atoms. The van der Waals surface area contributed by atoms with E-state index < -0.39 is 0 Å². The molecule has 4 heteroatoms. The summed E-state index contributed by atoms with van der Waals surface area (Å²) in [6.07, 6.45) is 5.98. The quantitative estimate of drug-likeness (QED) is 0.863. The molecule has 0 unspecified atom stereocenters. The Bertz CT molecular complexity index is 493. The number of hydrogen-bond donors (Lipinski definition) is 1. The molecular weight excluding hydrogens is 238 g/mol. The van der Waals surface area contributed by atoms with Gasteiger partial charge >= 0.3 is 0 Å². The molecule has 19 heavy (non-hydrogen) atoms. The number of benzene rings is 1. The number of carbonyl (C=O) groups is 1. The number of rotatable bonds is 6. The number of carbonyl (C=O) groups excluding carboxylic acids is 1. The van der Waals surface area contributed by atoms with E-state index in [9.17, 15) is 4.79 Å². The Morgan fingerprint density at radius 2 is 2.05 bits per heavy atom. The molecule has 1 amide bonds. The Hall–Kier alpha value is -2.10. The summed E-state index contributed by atoms with van der Waals surface area (Å²) in [5.41, 5.74) is 2.31. The standard InChI is InChI=1S/C15H19N3O/c1-18(12-14-10-16-17-11-14)15(19)9-5-8-13-6-3-2-4-7-13/h2-4,6-7,10-11H,5,8-9,12H2,1H3,(H,16,17). The van der Waals surface area contributed by atoms with E-state index in [1.54, 1.807) is 11.1 Å². The molecule has 0 aliphatic rings. The van der Waals surface area contributed by atoms with E-state index in [-0.39, 0.29) is 5.91 Å². The van der Waals surface area contributed by atoms with Gasteiger partial charge in [0.15, 0.2) is 0 Å². The van der Waals surface area contributed by atoms with Gasteiger partial charge in [-0.2, -0.15) is 5.10 Å². The second kappa shape index (κ2) is 6.73. The molecule has 1 N–H and O–H groups in total. The molecule has 100 valence electrons. The molecule has 1 aromatic heterocycles. The number of H-pyrrole nitrogens is 1. The van der Waals surface area contributed by atoms with Crippen molar-refractivity contribution in [3.8, 4) is 0 Å². The van der Waals surface area contributed by atoms with Crippen LogP contribution in [0.25, 0.3) is 0 Å². The van der Waals surface area contributed by atoms with Crippen LogP contribution in [0.15, 0.2) is 42.7 Å². The van der Waals surface area contributed by atoms with Gasteiger partial charge in [0, 0.05) is 31.8 Å². The molecular formula is C15H19N3O. The number of nitrogens with one attached hydrogen (secondary N) is 1. The van der Waals surface area contributed by atoms with Crippen LogP contribution in [0, 0.1) is 0 Å². The molecule has 0 aliphatic carbocycles. The fourth-order valence-electron chi connectivity index (χ4n) is 2.01. The van der Waals surface area contributed by atoms with Gasteiger partial charge in [0.05, 0.1) is 6.20 Å². The van der Waals surface area contributed by atoms with Crippen LogP contribution in [0.2, 0.25) is 0 Å². The number of amides is 1. The first-order chi connectivity index (χ1) is 9.25. The largest absolute Gasteiger partial charge is 0.341 e. The lowest BCUT2D eigenvalue weighted by molar-refractivity contribution is -0.130. The lowest BCUT2D eigenvalue weighted by Gasteiger charge is -2.16. The SMILES string of the molecule is CN(Cc1cn[nH]c1)C(=O)CCCc1ccccc1. The maximum absolute atomic E-state index is 12.0. The number of hydrogen-bond acceptors (Lipinski definition) is 2. The Morgan fingerprint density at radius 3 is 2.74 bits per heavy atom. The smallest absolute Gasteiger partial charge is 0.222 e. The van der Waals surface area contributed by atoms with Crippen molar-refractivity contribution < 1.29 is 4.79 Å². The molecule has 0 bridgehead atoms. The third-order valence-corrected chi connectivity index (χ3v) is 3.10. The predicted molar refractivity (Wildman–Crippen MR) is 74.4 cm³/mol. The van der Waals surface area contributed by atoms with E-state index in [0.717, 1.165) is 18.4 Å². The van der Waals surface area contributed by atoms with Gasteiger partial charge in [0.2, 0.25) is 5.91 Å². The summed E-state index contributed by atoms with van der Waals surface area (Å²) < 4.78 is 0. The minimum absolute atomic E-state index is 0.178. The van der Waals surface area contributed by atoms with E-state index in [4.69, 9.17) is 0 Å². The zero-order valence-corrected chi connectivity index (χ0v) is 11.2. The van der Waals surface area contributed by atoms with E-state index in [0.29, 0.717) is 13.0 Å². The van der Waals surface area contributed by atoms with Crippen molar-refractivity contribution in [1.82, 2.24) is 15.1 Å². The number of aryl methyl sites for hydroxylation is 1. The first-order valence-corrected chi connectivity index (χ1v) is 6.51. The minimum atomic E-state index is 0.178. The maximum Gasteiger partial charge on any atom is 0.222 e. The lowest BCUT2D eigenvalue weighted by atomic mass is 10.1. The monoisotopic (exact) mass is 257 g/mol. The number of nitrogens with zero attached hydrogens (tertiary/aromatic N) is 2. The van der Waals surface area contributed by atoms with E-state index >= 15 is 0 Å². The molecule has 1 heterocycles. The summed E-state index contributed by atoms with van der Waals surface area (Å²) in [7, 11) is 1.83. The second-order valence-electron chi connectivity index (χ2n) is 4.70. The van der Waals surface area contributed by atoms with Crippen molar-refractivity contribution in [2.45, 2.75) is 25.8 Å². The average molecular weight is 257 g/mol. The Morgan fingerprint density at radius 1 is 1.26 bits per heavy atom. The molecule has 0 atom stereocenters. The summed E-state index contributed by atoms with van der Waals surface area (Å²) in [6.45, 7) is 0.612. The first kappa shape index (κ1) is 13.3. The Kier molecular flexibility index (Phi) is 4.72. The van der Waals surface area contributed by atoms with Crippen molar-refractivity contribution in [2.75, 3.05) is 7.05 Å². The van der Waals surface area contributed by atoms with Gasteiger partial charge < -0.3 is 4.90 Å². The molecule has 2 rings (SSSR count). The van der Waals surface area contributed by atoms with E-state index in [2.05, 4.69) is 22.3 Å². The van der Waals surface area contributed by atoms with Gasteiger partial charge in [-0.3, -0.25) is 9.89 Å². The summed E-state index contributed by atoms with van der Waals surface area (Å²) in [5.74, 6) is 0.178. The summed E-state index contributed by atoms with van der Waals surface area (Å²) in [5, 5.41) is 6.62. The highest BCUT2D eigenvalue weighted by molar-refractivity contribution is 5.75. The molecule has 0 fully saturated rings. The Balaban J connectivity index is 1.72.